The van der Waals surface area contributed by atoms with E-state index in [9.17, 15) is 33.6 Å². The van der Waals surface area contributed by atoms with Crippen molar-refractivity contribution in [3.63, 3.8) is 0 Å². The first-order valence-corrected chi connectivity index (χ1v) is 19.0. The molecule has 4 rings (SSSR count). The van der Waals surface area contributed by atoms with Crippen LogP contribution in [0.1, 0.15) is 65.9 Å². The Morgan fingerprint density at radius 2 is 1.49 bits per heavy atom. The van der Waals surface area contributed by atoms with Gasteiger partial charge in [-0.15, -0.1) is 0 Å². The van der Waals surface area contributed by atoms with Gasteiger partial charge in [-0.3, -0.25) is 38.5 Å². The van der Waals surface area contributed by atoms with Crippen molar-refractivity contribution in [2.75, 3.05) is 33.7 Å². The number of fused-ring (bicyclic) bond motifs is 3. The SMILES string of the molecule is CC(C)CC1C(=O)NC(Cc2ccc3ncccc3c2)C(=O)NC(C)C(=O)N(C)C2CC=CCCN(C2=O)C(CC(C)C)C(=O)NCC(=O)NCC(=O)N1C. The average molecular weight is 761 g/mol. The molecule has 15 nitrogen and oxygen atoms in total. The van der Waals surface area contributed by atoms with Gasteiger partial charge in [-0.05, 0) is 68.2 Å². The van der Waals surface area contributed by atoms with Crippen LogP contribution in [0.3, 0.4) is 0 Å². The lowest BCUT2D eigenvalue weighted by Crippen LogP contribution is -2.60. The van der Waals surface area contributed by atoms with Crippen LogP contribution in [0.5, 0.6) is 0 Å². The first kappa shape index (κ1) is 42.4. The second-order valence-electron chi connectivity index (χ2n) is 15.3. The molecule has 2 aliphatic rings. The van der Waals surface area contributed by atoms with Gasteiger partial charge < -0.3 is 36.0 Å². The zero-order valence-electron chi connectivity index (χ0n) is 33.0. The summed E-state index contributed by atoms with van der Waals surface area (Å²) in [5.74, 6) is -3.95. The molecule has 0 saturated carbocycles. The number of aromatic nitrogens is 1. The van der Waals surface area contributed by atoms with Gasteiger partial charge in [0.1, 0.15) is 30.2 Å². The van der Waals surface area contributed by atoms with E-state index in [0.717, 1.165) is 16.5 Å². The maximum Gasteiger partial charge on any atom is 0.246 e. The third-order valence-electron chi connectivity index (χ3n) is 10.0. The molecule has 55 heavy (non-hydrogen) atoms. The molecule has 2 aliphatic heterocycles. The summed E-state index contributed by atoms with van der Waals surface area (Å²) in [5, 5.41) is 11.6. The van der Waals surface area contributed by atoms with Crippen molar-refractivity contribution in [2.24, 2.45) is 11.8 Å². The van der Waals surface area contributed by atoms with Crippen LogP contribution in [0.2, 0.25) is 0 Å². The number of carbonyl (C=O) groups is 7. The van der Waals surface area contributed by atoms with E-state index in [1.165, 1.54) is 35.7 Å². The van der Waals surface area contributed by atoms with E-state index in [2.05, 4.69) is 26.3 Å². The van der Waals surface area contributed by atoms with Gasteiger partial charge in [0.05, 0.1) is 18.6 Å². The minimum absolute atomic E-state index is 0.00312. The van der Waals surface area contributed by atoms with Gasteiger partial charge in [0.25, 0.3) is 0 Å². The summed E-state index contributed by atoms with van der Waals surface area (Å²) in [6, 6.07) is 4.00. The quantitative estimate of drug-likeness (QED) is 0.317. The molecule has 298 valence electrons. The minimum Gasteiger partial charge on any atom is -0.345 e. The number of nitrogens with one attached hydrogen (secondary N) is 4. The number of nitrogens with zero attached hydrogens (tertiary/aromatic N) is 4. The molecule has 2 bridgehead atoms. The van der Waals surface area contributed by atoms with Crippen molar-refractivity contribution < 1.29 is 33.6 Å². The number of carbonyl (C=O) groups excluding carboxylic acids is 7. The summed E-state index contributed by atoms with van der Waals surface area (Å²) in [6.45, 7) is 8.48. The summed E-state index contributed by atoms with van der Waals surface area (Å²) in [7, 11) is 2.95. The molecule has 7 amide bonds. The second-order valence-corrected chi connectivity index (χ2v) is 15.3. The second kappa shape index (κ2) is 19.3. The van der Waals surface area contributed by atoms with Crippen molar-refractivity contribution in [1.29, 1.82) is 0 Å². The monoisotopic (exact) mass is 760 g/mol. The highest BCUT2D eigenvalue weighted by molar-refractivity contribution is 5.97. The van der Waals surface area contributed by atoms with Crippen LogP contribution >= 0.6 is 0 Å². The average Bonchev–Trinajstić information content (AvgIpc) is 3.14. The lowest BCUT2D eigenvalue weighted by molar-refractivity contribution is -0.150. The fourth-order valence-electron chi connectivity index (χ4n) is 6.92. The van der Waals surface area contributed by atoms with Crippen LogP contribution in [-0.4, -0.2) is 125 Å². The molecule has 15 heteroatoms. The lowest BCUT2D eigenvalue weighted by Gasteiger charge is -2.38. The Balaban J connectivity index is 1.73. The van der Waals surface area contributed by atoms with Gasteiger partial charge in [-0.1, -0.05) is 52.0 Å². The highest BCUT2D eigenvalue weighted by Gasteiger charge is 2.39. The molecule has 0 radical (unpaired) electrons. The van der Waals surface area contributed by atoms with E-state index in [1.54, 1.807) is 12.3 Å². The maximum atomic E-state index is 14.3. The summed E-state index contributed by atoms with van der Waals surface area (Å²) < 4.78 is 0. The molecule has 1 aromatic carbocycles. The Kier molecular flexibility index (Phi) is 14.9. The van der Waals surface area contributed by atoms with E-state index >= 15 is 0 Å². The van der Waals surface area contributed by atoms with Crippen LogP contribution in [0.15, 0.2) is 48.7 Å². The van der Waals surface area contributed by atoms with Gasteiger partial charge in [0.15, 0.2) is 0 Å². The van der Waals surface area contributed by atoms with E-state index in [-0.39, 0.29) is 37.6 Å². The molecule has 4 N–H and O–H groups in total. The Bertz CT molecular complexity index is 1780. The minimum atomic E-state index is -1.16. The third-order valence-corrected chi connectivity index (χ3v) is 10.0. The van der Waals surface area contributed by atoms with Gasteiger partial charge in [0, 0.05) is 38.6 Å². The molecular weight excluding hydrogens is 704 g/mol. The predicted molar refractivity (Wildman–Crippen MR) is 207 cm³/mol. The van der Waals surface area contributed by atoms with Crippen molar-refractivity contribution in [2.45, 2.75) is 96.9 Å². The van der Waals surface area contributed by atoms with E-state index in [4.69, 9.17) is 0 Å². The van der Waals surface area contributed by atoms with Crippen molar-refractivity contribution in [3.05, 3.63) is 54.2 Å². The van der Waals surface area contributed by atoms with Crippen molar-refractivity contribution >= 4 is 52.3 Å². The first-order chi connectivity index (χ1) is 26.1. The summed E-state index contributed by atoms with van der Waals surface area (Å²) in [5.41, 5.74) is 1.48. The topological polar surface area (TPSA) is 190 Å². The van der Waals surface area contributed by atoms with Gasteiger partial charge in [-0.2, -0.15) is 0 Å². The van der Waals surface area contributed by atoms with Crippen LogP contribution in [0.25, 0.3) is 10.9 Å². The van der Waals surface area contributed by atoms with Gasteiger partial charge >= 0.3 is 0 Å². The molecule has 0 spiro atoms. The smallest absolute Gasteiger partial charge is 0.246 e. The number of hydrogen-bond donors (Lipinski definition) is 4. The Hall–Kier alpha value is -5.34. The van der Waals surface area contributed by atoms with Crippen LogP contribution < -0.4 is 21.3 Å². The fraction of sp³-hybridized carbons (Fsp3) is 0.550. The van der Waals surface area contributed by atoms with Gasteiger partial charge in [0.2, 0.25) is 41.4 Å². The first-order valence-electron chi connectivity index (χ1n) is 19.0. The number of pyridine rings is 1. The zero-order valence-corrected chi connectivity index (χ0v) is 33.0. The van der Waals surface area contributed by atoms with E-state index < -0.39 is 84.6 Å². The van der Waals surface area contributed by atoms with Gasteiger partial charge in [-0.25, -0.2) is 0 Å². The number of amides is 7. The fourth-order valence-corrected chi connectivity index (χ4v) is 6.92. The van der Waals surface area contributed by atoms with Crippen LogP contribution in [0, 0.1) is 11.8 Å². The van der Waals surface area contributed by atoms with E-state index in [0.29, 0.717) is 12.8 Å². The highest BCUT2D eigenvalue weighted by atomic mass is 16.2. The van der Waals surface area contributed by atoms with Crippen molar-refractivity contribution in [3.8, 4) is 0 Å². The summed E-state index contributed by atoms with van der Waals surface area (Å²) in [6.07, 6.45) is 6.68. The number of likely N-dealkylation sites (N-methyl/N-ethyl adjacent to an activating group) is 2. The van der Waals surface area contributed by atoms with Crippen LogP contribution in [-0.2, 0) is 40.0 Å². The molecule has 1 aromatic heterocycles. The third kappa shape index (κ3) is 11.3. The normalized spacial score (nSPS) is 24.6. The largest absolute Gasteiger partial charge is 0.345 e. The molecule has 2 aromatic rings. The molecular formula is C40H56N8O7. The highest BCUT2D eigenvalue weighted by Crippen LogP contribution is 2.21. The number of benzene rings is 1. The lowest BCUT2D eigenvalue weighted by atomic mass is 9.98. The molecule has 1 saturated heterocycles. The van der Waals surface area contributed by atoms with Crippen LogP contribution in [0.4, 0.5) is 0 Å². The van der Waals surface area contributed by atoms with Crippen molar-refractivity contribution in [1.82, 2.24) is 41.0 Å². The molecule has 3 heterocycles. The predicted octanol–water partition coefficient (Wildman–Crippen LogP) is 1.31. The molecule has 5 unspecified atom stereocenters. The maximum absolute atomic E-state index is 14.3. The number of rotatable bonds is 6. The van der Waals surface area contributed by atoms with E-state index in [1.807, 2.05) is 64.1 Å². The Morgan fingerprint density at radius 1 is 0.782 bits per heavy atom. The molecule has 1 fully saturated rings. The Morgan fingerprint density at radius 3 is 2.20 bits per heavy atom. The standard InChI is InChI=1S/C40H56N8O7/c1-24(2)18-32-38(53)45-30(21-27-14-15-29-28(20-27)12-11-16-41-29)36(51)44-26(5)39(54)47(7)31-13-9-8-10-17-48(40(31)55)33(19-25(3)4)37(52)43-22-34(49)42-23-35(50)46(32)6/h8-9,11-12,14-16,20,24-26,30-33H,10,13,17-19,21-23H2,1-7H3,(H,42,49)(H,43,52)(H,44,51)(H,45,53). The summed E-state index contributed by atoms with van der Waals surface area (Å²) in [4.78, 5) is 105. The zero-order chi connectivity index (χ0) is 40.4. The molecule has 0 aliphatic carbocycles. The summed E-state index contributed by atoms with van der Waals surface area (Å²) >= 11 is 0. The molecule has 5 atom stereocenters. The number of hydrogen-bond acceptors (Lipinski definition) is 8. The Labute approximate surface area is 323 Å².